The molecule has 20 heavy (non-hydrogen) atoms. The monoisotopic (exact) mass is 284 g/mol. The minimum absolute atomic E-state index is 0.0874. The lowest BCUT2D eigenvalue weighted by Gasteiger charge is -2.39. The normalized spacial score (nSPS) is 26.1. The van der Waals surface area contributed by atoms with Crippen molar-refractivity contribution in [2.45, 2.75) is 45.1 Å². The van der Waals surface area contributed by atoms with Crippen LogP contribution in [-0.2, 0) is 9.53 Å². The number of piperidine rings is 1. The van der Waals surface area contributed by atoms with Crippen LogP contribution in [0.2, 0.25) is 0 Å². The summed E-state index contributed by atoms with van der Waals surface area (Å²) in [5, 5.41) is 12.3. The van der Waals surface area contributed by atoms with Crippen molar-refractivity contribution in [3.8, 4) is 0 Å². The first-order chi connectivity index (χ1) is 9.57. The van der Waals surface area contributed by atoms with Crippen molar-refractivity contribution in [1.29, 1.82) is 0 Å². The number of hydrogen-bond donors (Lipinski definition) is 2. The molecule has 0 aromatic carbocycles. The van der Waals surface area contributed by atoms with Gasteiger partial charge in [0.1, 0.15) is 0 Å². The Morgan fingerprint density at radius 3 is 2.60 bits per heavy atom. The molecular weight excluding hydrogens is 260 g/mol. The van der Waals surface area contributed by atoms with Gasteiger partial charge in [0.15, 0.2) is 0 Å². The Morgan fingerprint density at radius 1 is 1.40 bits per heavy atom. The lowest BCUT2D eigenvalue weighted by Crippen LogP contribution is -2.52. The molecule has 1 unspecified atom stereocenters. The largest absolute Gasteiger partial charge is 0.481 e. The van der Waals surface area contributed by atoms with Crippen LogP contribution in [0.5, 0.6) is 0 Å². The maximum absolute atomic E-state index is 12.1. The molecule has 2 aliphatic heterocycles. The summed E-state index contributed by atoms with van der Waals surface area (Å²) in [7, 11) is 0. The number of carboxylic acids is 1. The van der Waals surface area contributed by atoms with Gasteiger partial charge in [0.2, 0.25) is 0 Å². The molecule has 2 heterocycles. The summed E-state index contributed by atoms with van der Waals surface area (Å²) in [6, 6.07) is 0.00387. The van der Waals surface area contributed by atoms with Gasteiger partial charge in [-0.25, -0.2) is 4.79 Å². The number of likely N-dealkylation sites (tertiary alicyclic amines) is 1. The van der Waals surface area contributed by atoms with E-state index in [1.165, 1.54) is 0 Å². The number of amides is 2. The number of nitrogens with zero attached hydrogens (tertiary/aromatic N) is 1. The van der Waals surface area contributed by atoms with Crippen LogP contribution >= 0.6 is 0 Å². The fourth-order valence-electron chi connectivity index (χ4n) is 2.98. The van der Waals surface area contributed by atoms with Crippen molar-refractivity contribution >= 4 is 12.0 Å². The molecule has 2 saturated heterocycles. The lowest BCUT2D eigenvalue weighted by molar-refractivity contribution is -0.151. The maximum Gasteiger partial charge on any atom is 0.317 e. The molecule has 2 aliphatic rings. The number of carboxylic acid groups (broad SMARTS) is 1. The zero-order valence-electron chi connectivity index (χ0n) is 12.1. The first-order valence-electron chi connectivity index (χ1n) is 7.44. The number of carbonyl (C=O) groups is 2. The number of hydrogen-bond acceptors (Lipinski definition) is 3. The molecule has 0 saturated carbocycles. The average Bonchev–Trinajstić information content (AvgIpc) is 2.48. The third-order valence-corrected chi connectivity index (χ3v) is 4.63. The van der Waals surface area contributed by atoms with E-state index in [1.54, 1.807) is 4.90 Å². The predicted molar refractivity (Wildman–Crippen MR) is 73.5 cm³/mol. The number of carbonyl (C=O) groups excluding carboxylic acids is 1. The summed E-state index contributed by atoms with van der Waals surface area (Å²) in [6.07, 6.45) is 3.62. The van der Waals surface area contributed by atoms with Crippen LogP contribution in [-0.4, -0.2) is 54.4 Å². The molecule has 0 radical (unpaired) electrons. The average molecular weight is 284 g/mol. The van der Waals surface area contributed by atoms with Crippen molar-refractivity contribution in [2.24, 2.45) is 5.41 Å². The highest BCUT2D eigenvalue weighted by Crippen LogP contribution is 2.35. The Hall–Kier alpha value is -1.30. The highest BCUT2D eigenvalue weighted by atomic mass is 16.5. The number of nitrogens with one attached hydrogen (secondary N) is 1. The number of ether oxygens (including phenoxy) is 1. The van der Waals surface area contributed by atoms with Crippen LogP contribution in [0.4, 0.5) is 4.79 Å². The Kier molecular flexibility index (Phi) is 4.86. The van der Waals surface area contributed by atoms with E-state index in [1.807, 2.05) is 6.92 Å². The molecule has 0 spiro atoms. The zero-order chi connectivity index (χ0) is 14.6. The molecule has 2 N–H and O–H groups in total. The minimum atomic E-state index is -0.735. The fraction of sp³-hybridized carbons (Fsp3) is 0.857. The van der Waals surface area contributed by atoms with Gasteiger partial charge < -0.3 is 20.1 Å². The second kappa shape index (κ2) is 6.43. The van der Waals surface area contributed by atoms with Gasteiger partial charge in [-0.05, 0) is 32.1 Å². The third kappa shape index (κ3) is 3.23. The van der Waals surface area contributed by atoms with Crippen LogP contribution in [0.3, 0.4) is 0 Å². The lowest BCUT2D eigenvalue weighted by atomic mass is 9.76. The van der Waals surface area contributed by atoms with Gasteiger partial charge in [-0.2, -0.15) is 0 Å². The Balaban J connectivity index is 1.83. The molecule has 2 amide bonds. The topological polar surface area (TPSA) is 78.9 Å². The number of rotatable bonds is 3. The molecule has 6 heteroatoms. The number of aliphatic carboxylic acids is 1. The van der Waals surface area contributed by atoms with E-state index >= 15 is 0 Å². The SMILES string of the molecule is CCC1(C(=O)O)CCN(C(=O)NC2CCCOC2)CC1. The van der Waals surface area contributed by atoms with Gasteiger partial charge >= 0.3 is 12.0 Å². The van der Waals surface area contributed by atoms with E-state index in [0.717, 1.165) is 19.4 Å². The van der Waals surface area contributed by atoms with E-state index in [2.05, 4.69) is 5.32 Å². The third-order valence-electron chi connectivity index (χ3n) is 4.63. The van der Waals surface area contributed by atoms with Crippen LogP contribution in [0.1, 0.15) is 39.0 Å². The molecule has 0 aromatic rings. The smallest absolute Gasteiger partial charge is 0.317 e. The summed E-state index contributed by atoms with van der Waals surface area (Å²) in [5.41, 5.74) is -0.648. The minimum Gasteiger partial charge on any atom is -0.481 e. The van der Waals surface area contributed by atoms with E-state index in [9.17, 15) is 14.7 Å². The first-order valence-corrected chi connectivity index (χ1v) is 7.44. The van der Waals surface area contributed by atoms with E-state index in [4.69, 9.17) is 4.74 Å². The fourth-order valence-corrected chi connectivity index (χ4v) is 2.98. The molecule has 1 atom stereocenters. The van der Waals surface area contributed by atoms with Crippen molar-refractivity contribution in [3.63, 3.8) is 0 Å². The first kappa shape index (κ1) is 15.1. The molecule has 0 bridgehead atoms. The van der Waals surface area contributed by atoms with Gasteiger partial charge in [-0.1, -0.05) is 6.92 Å². The summed E-state index contributed by atoms with van der Waals surface area (Å²) in [4.78, 5) is 25.2. The molecular formula is C14H24N2O4. The second-order valence-electron chi connectivity index (χ2n) is 5.79. The van der Waals surface area contributed by atoms with Crippen molar-refractivity contribution in [1.82, 2.24) is 10.2 Å². The van der Waals surface area contributed by atoms with Crippen LogP contribution < -0.4 is 5.32 Å². The van der Waals surface area contributed by atoms with Gasteiger partial charge in [-0.15, -0.1) is 0 Å². The molecule has 0 aliphatic carbocycles. The standard InChI is InChI=1S/C14H24N2O4/c1-2-14(12(17)18)5-7-16(8-6-14)13(19)15-11-4-3-9-20-10-11/h11H,2-10H2,1H3,(H,15,19)(H,17,18). The highest BCUT2D eigenvalue weighted by molar-refractivity contribution is 5.77. The molecule has 6 nitrogen and oxygen atoms in total. The Morgan fingerprint density at radius 2 is 2.10 bits per heavy atom. The summed E-state index contributed by atoms with van der Waals surface area (Å²) in [6.45, 7) is 4.28. The Labute approximate surface area is 119 Å². The summed E-state index contributed by atoms with van der Waals surface area (Å²) in [5.74, 6) is -0.735. The number of urea groups is 1. The van der Waals surface area contributed by atoms with Crippen molar-refractivity contribution < 1.29 is 19.4 Å². The molecule has 114 valence electrons. The zero-order valence-corrected chi connectivity index (χ0v) is 12.1. The molecule has 0 aromatic heterocycles. The summed E-state index contributed by atoms with van der Waals surface area (Å²) < 4.78 is 5.34. The van der Waals surface area contributed by atoms with Crippen LogP contribution in [0.15, 0.2) is 0 Å². The van der Waals surface area contributed by atoms with Gasteiger partial charge in [-0.3, -0.25) is 4.79 Å². The van der Waals surface area contributed by atoms with Crippen LogP contribution in [0.25, 0.3) is 0 Å². The summed E-state index contributed by atoms with van der Waals surface area (Å²) >= 11 is 0. The van der Waals surface area contributed by atoms with Gasteiger partial charge in [0.25, 0.3) is 0 Å². The van der Waals surface area contributed by atoms with E-state index in [-0.39, 0.29) is 12.1 Å². The van der Waals surface area contributed by atoms with E-state index < -0.39 is 11.4 Å². The van der Waals surface area contributed by atoms with Crippen molar-refractivity contribution in [2.75, 3.05) is 26.3 Å². The second-order valence-corrected chi connectivity index (χ2v) is 5.79. The van der Waals surface area contributed by atoms with Gasteiger partial charge in [0, 0.05) is 19.7 Å². The van der Waals surface area contributed by atoms with E-state index in [0.29, 0.717) is 39.0 Å². The quantitative estimate of drug-likeness (QED) is 0.822. The van der Waals surface area contributed by atoms with Crippen LogP contribution in [0, 0.1) is 5.41 Å². The van der Waals surface area contributed by atoms with Gasteiger partial charge in [0.05, 0.1) is 18.1 Å². The predicted octanol–water partition coefficient (Wildman–Crippen LogP) is 1.45. The molecule has 2 rings (SSSR count). The maximum atomic E-state index is 12.1. The molecule has 2 fully saturated rings. The van der Waals surface area contributed by atoms with Crippen molar-refractivity contribution in [3.05, 3.63) is 0 Å². The highest BCUT2D eigenvalue weighted by Gasteiger charge is 2.40. The Bertz CT molecular complexity index is 358.